The fourth-order valence-electron chi connectivity index (χ4n) is 1.09. The lowest BCUT2D eigenvalue weighted by Crippen LogP contribution is -1.99. The summed E-state index contributed by atoms with van der Waals surface area (Å²) in [6.45, 7) is 0. The summed E-state index contributed by atoms with van der Waals surface area (Å²) < 4.78 is 10.00. The molecule has 1 rings (SSSR count). The molecular weight excluding hydrogens is 170 g/mol. The maximum absolute atomic E-state index is 10.7. The normalized spacial score (nSPS) is 9.38. The van der Waals surface area contributed by atoms with E-state index >= 15 is 0 Å². The van der Waals surface area contributed by atoms with Crippen LogP contribution in [0.1, 0.15) is 10.4 Å². The molecule has 0 heterocycles. The molecule has 1 aromatic carbocycles. The second kappa shape index (κ2) is 3.80. The minimum atomic E-state index is 0.321. The monoisotopic (exact) mass is 181 g/mol. The average molecular weight is 181 g/mol. The molecule has 0 unspecified atom stereocenters. The van der Waals surface area contributed by atoms with Gasteiger partial charge in [0.1, 0.15) is 0 Å². The molecule has 0 radical (unpaired) electrons. The molecule has 0 atom stereocenters. The molecule has 2 N–H and O–H groups in total. The summed E-state index contributed by atoms with van der Waals surface area (Å²) in [6.07, 6.45) is 0.649. The van der Waals surface area contributed by atoms with Gasteiger partial charge >= 0.3 is 0 Å². The second-order valence-corrected chi connectivity index (χ2v) is 2.42. The lowest BCUT2D eigenvalue weighted by Gasteiger charge is -2.10. The predicted molar refractivity (Wildman–Crippen MR) is 49.3 cm³/mol. The number of nitrogens with two attached hydrogens (primary N) is 1. The van der Waals surface area contributed by atoms with Crippen molar-refractivity contribution in [3.8, 4) is 11.5 Å². The van der Waals surface area contributed by atoms with Gasteiger partial charge in [-0.15, -0.1) is 0 Å². The fourth-order valence-corrected chi connectivity index (χ4v) is 1.09. The van der Waals surface area contributed by atoms with Crippen LogP contribution >= 0.6 is 0 Å². The van der Waals surface area contributed by atoms with Crippen molar-refractivity contribution in [3.63, 3.8) is 0 Å². The Morgan fingerprint density at radius 3 is 2.46 bits per heavy atom. The maximum atomic E-state index is 10.7. The number of carbonyl (C=O) groups is 1. The summed E-state index contributed by atoms with van der Waals surface area (Å²) in [5, 5.41) is 0. The van der Waals surface area contributed by atoms with Crippen LogP contribution in [0.25, 0.3) is 0 Å². The zero-order valence-corrected chi connectivity index (χ0v) is 7.53. The Labute approximate surface area is 76.3 Å². The molecule has 4 nitrogen and oxygen atoms in total. The Morgan fingerprint density at radius 2 is 2.00 bits per heavy atom. The van der Waals surface area contributed by atoms with Gasteiger partial charge in [-0.2, -0.15) is 0 Å². The largest absolute Gasteiger partial charge is 0.493 e. The smallest absolute Gasteiger partial charge is 0.173 e. The van der Waals surface area contributed by atoms with E-state index in [4.69, 9.17) is 15.2 Å². The first-order valence-corrected chi connectivity index (χ1v) is 3.70. The molecule has 0 saturated carbocycles. The third kappa shape index (κ3) is 1.56. The van der Waals surface area contributed by atoms with Gasteiger partial charge in [-0.1, -0.05) is 0 Å². The quantitative estimate of drug-likeness (QED) is 0.560. The summed E-state index contributed by atoms with van der Waals surface area (Å²) in [7, 11) is 2.97. The second-order valence-electron chi connectivity index (χ2n) is 2.42. The lowest BCUT2D eigenvalue weighted by molar-refractivity contribution is 0.112. The van der Waals surface area contributed by atoms with Gasteiger partial charge in [-0.3, -0.25) is 4.79 Å². The predicted octanol–water partition coefficient (Wildman–Crippen LogP) is 1.10. The van der Waals surface area contributed by atoms with E-state index in [1.54, 1.807) is 12.1 Å². The van der Waals surface area contributed by atoms with Gasteiger partial charge in [-0.05, 0) is 12.1 Å². The van der Waals surface area contributed by atoms with Gasteiger partial charge in [0.15, 0.2) is 17.8 Å². The van der Waals surface area contributed by atoms with Crippen LogP contribution in [-0.4, -0.2) is 20.5 Å². The number of hydrogen-bond acceptors (Lipinski definition) is 4. The average Bonchev–Trinajstić information content (AvgIpc) is 2.17. The number of methoxy groups -OCH3 is 2. The van der Waals surface area contributed by atoms with Crippen LogP contribution in [0.3, 0.4) is 0 Å². The highest BCUT2D eigenvalue weighted by Crippen LogP contribution is 2.33. The first kappa shape index (κ1) is 9.38. The maximum Gasteiger partial charge on any atom is 0.173 e. The van der Waals surface area contributed by atoms with Crippen LogP contribution < -0.4 is 15.2 Å². The summed E-state index contributed by atoms with van der Waals surface area (Å²) in [5.41, 5.74) is 6.27. The van der Waals surface area contributed by atoms with Crippen molar-refractivity contribution in [1.82, 2.24) is 0 Å². The fraction of sp³-hybridized carbons (Fsp3) is 0.222. The molecule has 0 aliphatic rings. The molecule has 0 aliphatic heterocycles. The van der Waals surface area contributed by atoms with Gasteiger partial charge in [0.05, 0.1) is 19.8 Å². The van der Waals surface area contributed by atoms with E-state index in [1.165, 1.54) is 14.2 Å². The third-order valence-corrected chi connectivity index (χ3v) is 1.74. The highest BCUT2D eigenvalue weighted by Gasteiger charge is 2.11. The first-order valence-electron chi connectivity index (χ1n) is 3.70. The lowest BCUT2D eigenvalue weighted by atomic mass is 10.1. The summed E-state index contributed by atoms with van der Waals surface area (Å²) in [4.78, 5) is 10.7. The Morgan fingerprint density at radius 1 is 1.31 bits per heavy atom. The van der Waals surface area contributed by atoms with Gasteiger partial charge in [0, 0.05) is 5.69 Å². The molecule has 4 heteroatoms. The van der Waals surface area contributed by atoms with E-state index in [9.17, 15) is 4.79 Å². The highest BCUT2D eigenvalue weighted by molar-refractivity contribution is 5.88. The zero-order valence-electron chi connectivity index (χ0n) is 7.53. The standard InChI is InChI=1S/C9H11NO3/c1-12-8-4-3-7(10)6(5-11)9(8)13-2/h3-5H,10H2,1-2H3. The molecule has 0 spiro atoms. The van der Waals surface area contributed by atoms with Gasteiger partial charge in [-0.25, -0.2) is 0 Å². The number of hydrogen-bond donors (Lipinski definition) is 1. The minimum Gasteiger partial charge on any atom is -0.493 e. The topological polar surface area (TPSA) is 61.5 Å². The Kier molecular flexibility index (Phi) is 2.74. The molecule has 0 bridgehead atoms. The molecule has 0 amide bonds. The molecule has 13 heavy (non-hydrogen) atoms. The van der Waals surface area contributed by atoms with Crippen molar-refractivity contribution in [2.75, 3.05) is 20.0 Å². The summed E-state index contributed by atoms with van der Waals surface area (Å²) in [5.74, 6) is 0.872. The third-order valence-electron chi connectivity index (χ3n) is 1.74. The number of carbonyl (C=O) groups excluding carboxylic acids is 1. The van der Waals surface area contributed by atoms with E-state index in [-0.39, 0.29) is 0 Å². The molecule has 0 saturated heterocycles. The van der Waals surface area contributed by atoms with Crippen molar-refractivity contribution in [2.24, 2.45) is 0 Å². The van der Waals surface area contributed by atoms with E-state index in [2.05, 4.69) is 0 Å². The summed E-state index contributed by atoms with van der Waals surface area (Å²) in [6, 6.07) is 3.26. The van der Waals surface area contributed by atoms with Crippen molar-refractivity contribution < 1.29 is 14.3 Å². The van der Waals surface area contributed by atoms with Gasteiger partial charge < -0.3 is 15.2 Å². The number of rotatable bonds is 3. The van der Waals surface area contributed by atoms with Crippen molar-refractivity contribution in [1.29, 1.82) is 0 Å². The van der Waals surface area contributed by atoms with Crippen LogP contribution in [0.2, 0.25) is 0 Å². The van der Waals surface area contributed by atoms with Crippen molar-refractivity contribution in [3.05, 3.63) is 17.7 Å². The van der Waals surface area contributed by atoms with E-state index in [0.717, 1.165) is 0 Å². The number of nitrogen functional groups attached to an aromatic ring is 1. The molecular formula is C9H11NO3. The van der Waals surface area contributed by atoms with E-state index < -0.39 is 0 Å². The minimum absolute atomic E-state index is 0.321. The number of aldehydes is 1. The van der Waals surface area contributed by atoms with Crippen LogP contribution in [0.15, 0.2) is 12.1 Å². The first-order chi connectivity index (χ1) is 6.24. The number of anilines is 1. The Bertz CT molecular complexity index is 323. The van der Waals surface area contributed by atoms with Crippen LogP contribution in [0.5, 0.6) is 11.5 Å². The molecule has 70 valence electrons. The van der Waals surface area contributed by atoms with Gasteiger partial charge in [0.25, 0.3) is 0 Å². The summed E-state index contributed by atoms with van der Waals surface area (Å²) >= 11 is 0. The molecule has 0 fully saturated rings. The van der Waals surface area contributed by atoms with E-state index in [0.29, 0.717) is 29.0 Å². The van der Waals surface area contributed by atoms with Crippen molar-refractivity contribution >= 4 is 12.0 Å². The van der Waals surface area contributed by atoms with E-state index in [1.807, 2.05) is 0 Å². The zero-order chi connectivity index (χ0) is 9.84. The van der Waals surface area contributed by atoms with Crippen LogP contribution in [0, 0.1) is 0 Å². The number of ether oxygens (including phenoxy) is 2. The SMILES string of the molecule is COc1ccc(N)c(C=O)c1OC. The molecule has 0 aliphatic carbocycles. The van der Waals surface area contributed by atoms with Crippen LogP contribution in [0.4, 0.5) is 5.69 Å². The molecule has 1 aromatic rings. The molecule has 0 aromatic heterocycles. The van der Waals surface area contributed by atoms with Crippen LogP contribution in [-0.2, 0) is 0 Å². The number of benzene rings is 1. The Balaban J connectivity index is 3.36. The highest BCUT2D eigenvalue weighted by atomic mass is 16.5. The Hall–Kier alpha value is -1.71. The van der Waals surface area contributed by atoms with Gasteiger partial charge in [0.2, 0.25) is 0 Å². The van der Waals surface area contributed by atoms with Crippen molar-refractivity contribution in [2.45, 2.75) is 0 Å².